The van der Waals surface area contributed by atoms with Crippen molar-refractivity contribution in [1.82, 2.24) is 10.6 Å². The van der Waals surface area contributed by atoms with E-state index in [4.69, 9.17) is 4.74 Å². The van der Waals surface area contributed by atoms with Crippen LogP contribution in [0.5, 0.6) is 5.75 Å². The number of carbonyl (C=O) groups is 1. The largest absolute Gasteiger partial charge is 0.490 e. The van der Waals surface area contributed by atoms with Gasteiger partial charge in [-0.05, 0) is 31.4 Å². The van der Waals surface area contributed by atoms with E-state index in [1.807, 2.05) is 32.0 Å². The summed E-state index contributed by atoms with van der Waals surface area (Å²) in [7, 11) is 0. The molecule has 2 rings (SSSR count). The Kier molecular flexibility index (Phi) is 5.59. The fourth-order valence-electron chi connectivity index (χ4n) is 2.52. The second-order valence-electron chi connectivity index (χ2n) is 5.65. The highest BCUT2D eigenvalue weighted by atomic mass is 16.5. The molecule has 0 aromatic heterocycles. The van der Waals surface area contributed by atoms with Crippen LogP contribution in [0.4, 0.5) is 0 Å². The summed E-state index contributed by atoms with van der Waals surface area (Å²) in [5, 5.41) is 16.0. The van der Waals surface area contributed by atoms with Crippen LogP contribution in [0, 0.1) is 13.8 Å². The molecule has 5 heteroatoms. The third-order valence-electron chi connectivity index (χ3n) is 3.68. The van der Waals surface area contributed by atoms with Gasteiger partial charge in [-0.3, -0.25) is 4.79 Å². The van der Waals surface area contributed by atoms with Crippen molar-refractivity contribution in [3.8, 4) is 5.75 Å². The third-order valence-corrected chi connectivity index (χ3v) is 3.68. The number of hydrogen-bond donors (Lipinski definition) is 3. The molecule has 1 aromatic carbocycles. The van der Waals surface area contributed by atoms with Gasteiger partial charge in [0, 0.05) is 25.6 Å². The Morgan fingerprint density at radius 1 is 1.43 bits per heavy atom. The summed E-state index contributed by atoms with van der Waals surface area (Å²) in [6.07, 6.45) is 0.895. The number of nitrogens with one attached hydrogen (secondary N) is 2. The highest BCUT2D eigenvalue weighted by molar-refractivity contribution is 5.78. The number of aryl methyl sites for hydroxylation is 2. The number of ether oxygens (including phenoxy) is 1. The molecule has 1 aliphatic heterocycles. The van der Waals surface area contributed by atoms with Gasteiger partial charge in [0.1, 0.15) is 18.5 Å². The molecule has 3 N–H and O–H groups in total. The van der Waals surface area contributed by atoms with Crippen LogP contribution in [0.3, 0.4) is 0 Å². The van der Waals surface area contributed by atoms with Crippen molar-refractivity contribution >= 4 is 5.91 Å². The predicted molar refractivity (Wildman–Crippen MR) is 81.5 cm³/mol. The van der Waals surface area contributed by atoms with Gasteiger partial charge in [-0.25, -0.2) is 0 Å². The van der Waals surface area contributed by atoms with E-state index in [-0.39, 0.29) is 18.6 Å². The molecule has 2 unspecified atom stereocenters. The molecule has 0 radical (unpaired) electrons. The third kappa shape index (κ3) is 4.72. The Labute approximate surface area is 125 Å². The van der Waals surface area contributed by atoms with Gasteiger partial charge in [-0.2, -0.15) is 0 Å². The van der Waals surface area contributed by atoms with Crippen molar-refractivity contribution in [1.29, 1.82) is 0 Å². The molecule has 5 nitrogen and oxygen atoms in total. The van der Waals surface area contributed by atoms with Gasteiger partial charge in [0.2, 0.25) is 5.91 Å². The van der Waals surface area contributed by atoms with E-state index >= 15 is 0 Å². The molecule has 0 spiro atoms. The van der Waals surface area contributed by atoms with Gasteiger partial charge < -0.3 is 20.5 Å². The number of hydrogen-bond acceptors (Lipinski definition) is 4. The van der Waals surface area contributed by atoms with E-state index in [1.54, 1.807) is 0 Å². The van der Waals surface area contributed by atoms with Gasteiger partial charge in [0.25, 0.3) is 0 Å². The zero-order valence-electron chi connectivity index (χ0n) is 12.7. The molecule has 2 atom stereocenters. The number of benzene rings is 1. The normalized spacial score (nSPS) is 19.4. The minimum Gasteiger partial charge on any atom is -0.490 e. The van der Waals surface area contributed by atoms with Crippen molar-refractivity contribution in [2.75, 3.05) is 19.7 Å². The summed E-state index contributed by atoms with van der Waals surface area (Å²) in [5.74, 6) is 0.959. The first-order valence-corrected chi connectivity index (χ1v) is 7.43. The lowest BCUT2D eigenvalue weighted by Crippen LogP contribution is -2.40. The van der Waals surface area contributed by atoms with E-state index < -0.39 is 6.10 Å². The predicted octanol–water partition coefficient (Wildman–Crippen LogP) is 0.911. The molecular formula is C16H24N2O3. The lowest BCUT2D eigenvalue weighted by molar-refractivity contribution is -0.119. The van der Waals surface area contributed by atoms with E-state index in [2.05, 4.69) is 10.6 Å². The van der Waals surface area contributed by atoms with Gasteiger partial charge >= 0.3 is 0 Å². The SMILES string of the molecule is Cc1cccc(C)c1OCC(O)CNCC1CCC(=O)N1. The molecule has 21 heavy (non-hydrogen) atoms. The first-order chi connectivity index (χ1) is 10.1. The summed E-state index contributed by atoms with van der Waals surface area (Å²) in [4.78, 5) is 11.1. The van der Waals surface area contributed by atoms with E-state index in [0.29, 0.717) is 19.5 Å². The summed E-state index contributed by atoms with van der Waals surface area (Å²) in [6, 6.07) is 6.17. The molecule has 1 fully saturated rings. The molecule has 116 valence electrons. The smallest absolute Gasteiger partial charge is 0.220 e. The van der Waals surface area contributed by atoms with Crippen LogP contribution in [-0.2, 0) is 4.79 Å². The molecule has 0 saturated carbocycles. The van der Waals surface area contributed by atoms with Crippen molar-refractivity contribution in [3.63, 3.8) is 0 Å². The quantitative estimate of drug-likeness (QED) is 0.699. The van der Waals surface area contributed by atoms with Crippen LogP contribution in [0.25, 0.3) is 0 Å². The topological polar surface area (TPSA) is 70.6 Å². The average molecular weight is 292 g/mol. The Balaban J connectivity index is 1.68. The first-order valence-electron chi connectivity index (χ1n) is 7.43. The average Bonchev–Trinajstić information content (AvgIpc) is 2.84. The molecule has 1 aromatic rings. The van der Waals surface area contributed by atoms with Crippen LogP contribution in [0.1, 0.15) is 24.0 Å². The molecule has 0 aliphatic carbocycles. The Bertz CT molecular complexity index is 470. The van der Waals surface area contributed by atoms with Crippen molar-refractivity contribution in [2.24, 2.45) is 0 Å². The standard InChI is InChI=1S/C16H24N2O3/c1-11-4-3-5-12(2)16(11)21-10-14(19)9-17-8-13-6-7-15(20)18-13/h3-5,13-14,17,19H,6-10H2,1-2H3,(H,18,20). The maximum atomic E-state index is 11.1. The monoisotopic (exact) mass is 292 g/mol. The number of carbonyl (C=O) groups excluding carboxylic acids is 1. The Hall–Kier alpha value is -1.59. The maximum absolute atomic E-state index is 11.1. The Morgan fingerprint density at radius 3 is 2.76 bits per heavy atom. The number of aliphatic hydroxyl groups is 1. The fourth-order valence-corrected chi connectivity index (χ4v) is 2.52. The zero-order valence-corrected chi connectivity index (χ0v) is 12.7. The Morgan fingerprint density at radius 2 is 2.14 bits per heavy atom. The molecular weight excluding hydrogens is 268 g/mol. The summed E-state index contributed by atoms with van der Waals surface area (Å²) < 4.78 is 5.71. The van der Waals surface area contributed by atoms with Gasteiger partial charge in [0.05, 0.1) is 0 Å². The maximum Gasteiger partial charge on any atom is 0.220 e. The second-order valence-corrected chi connectivity index (χ2v) is 5.65. The minimum atomic E-state index is -0.568. The fraction of sp³-hybridized carbons (Fsp3) is 0.562. The van der Waals surface area contributed by atoms with Crippen molar-refractivity contribution in [3.05, 3.63) is 29.3 Å². The van der Waals surface area contributed by atoms with Gasteiger partial charge in [-0.1, -0.05) is 18.2 Å². The van der Waals surface area contributed by atoms with Crippen LogP contribution >= 0.6 is 0 Å². The molecule has 0 bridgehead atoms. The summed E-state index contributed by atoms with van der Waals surface area (Å²) in [6.45, 7) is 5.39. The first kappa shape index (κ1) is 15.8. The van der Waals surface area contributed by atoms with Crippen LogP contribution in [-0.4, -0.2) is 42.9 Å². The molecule has 1 amide bonds. The summed E-state index contributed by atoms with van der Waals surface area (Å²) in [5.41, 5.74) is 2.15. The number of aliphatic hydroxyl groups excluding tert-OH is 1. The van der Waals surface area contributed by atoms with Crippen molar-refractivity contribution in [2.45, 2.75) is 38.8 Å². The van der Waals surface area contributed by atoms with Gasteiger partial charge in [-0.15, -0.1) is 0 Å². The lowest BCUT2D eigenvalue weighted by atomic mass is 10.1. The molecule has 1 heterocycles. The van der Waals surface area contributed by atoms with E-state index in [0.717, 1.165) is 23.3 Å². The highest BCUT2D eigenvalue weighted by Crippen LogP contribution is 2.22. The number of amides is 1. The van der Waals surface area contributed by atoms with Crippen LogP contribution < -0.4 is 15.4 Å². The van der Waals surface area contributed by atoms with E-state index in [1.165, 1.54) is 0 Å². The van der Waals surface area contributed by atoms with Crippen molar-refractivity contribution < 1.29 is 14.6 Å². The minimum absolute atomic E-state index is 0.112. The van der Waals surface area contributed by atoms with E-state index in [9.17, 15) is 9.90 Å². The zero-order chi connectivity index (χ0) is 15.2. The highest BCUT2D eigenvalue weighted by Gasteiger charge is 2.20. The number of rotatable bonds is 7. The summed E-state index contributed by atoms with van der Waals surface area (Å²) >= 11 is 0. The lowest BCUT2D eigenvalue weighted by Gasteiger charge is -2.17. The number of para-hydroxylation sites is 1. The van der Waals surface area contributed by atoms with Crippen LogP contribution in [0.2, 0.25) is 0 Å². The second kappa shape index (κ2) is 7.43. The molecule has 1 aliphatic rings. The van der Waals surface area contributed by atoms with Gasteiger partial charge in [0.15, 0.2) is 0 Å². The van der Waals surface area contributed by atoms with Crippen LogP contribution in [0.15, 0.2) is 18.2 Å². The molecule has 1 saturated heterocycles.